The molecule has 2 aromatic carbocycles. The fraction of sp³-hybridized carbons (Fsp3) is 0.118. The number of para-hydroxylation sites is 2. The highest BCUT2D eigenvalue weighted by atomic mass is 32.2. The number of carbonyl (C=O) groups is 1. The van der Waals surface area contributed by atoms with E-state index in [0.717, 1.165) is 26.6 Å². The van der Waals surface area contributed by atoms with E-state index in [4.69, 9.17) is 0 Å². The van der Waals surface area contributed by atoms with Gasteiger partial charge in [0.1, 0.15) is 5.03 Å². The van der Waals surface area contributed by atoms with Crippen molar-refractivity contribution in [1.82, 2.24) is 25.0 Å². The van der Waals surface area contributed by atoms with Crippen molar-refractivity contribution >= 4 is 40.0 Å². The van der Waals surface area contributed by atoms with Crippen LogP contribution in [0.1, 0.15) is 13.3 Å². The summed E-state index contributed by atoms with van der Waals surface area (Å²) in [6, 6.07) is 15.4. The van der Waals surface area contributed by atoms with Crippen molar-refractivity contribution in [3.8, 4) is 0 Å². The van der Waals surface area contributed by atoms with Gasteiger partial charge in [-0.1, -0.05) is 30.8 Å². The fourth-order valence-corrected chi connectivity index (χ4v) is 3.27. The van der Waals surface area contributed by atoms with Crippen LogP contribution < -0.4 is 5.32 Å². The molecule has 4 aromatic rings. The van der Waals surface area contributed by atoms with Crippen LogP contribution >= 0.6 is 11.8 Å². The third-order valence-electron chi connectivity index (χ3n) is 3.67. The second kappa shape index (κ2) is 6.48. The van der Waals surface area contributed by atoms with Crippen LogP contribution in [0.4, 0.5) is 5.69 Å². The second-order valence-electron chi connectivity index (χ2n) is 5.35. The number of anilines is 1. The number of nitrogens with zero attached hydrogens (tertiary/aromatic N) is 5. The fourth-order valence-electron chi connectivity index (χ4n) is 2.42. The van der Waals surface area contributed by atoms with Gasteiger partial charge in [0.2, 0.25) is 11.6 Å². The van der Waals surface area contributed by atoms with Crippen molar-refractivity contribution in [2.75, 3.05) is 5.32 Å². The summed E-state index contributed by atoms with van der Waals surface area (Å²) in [6.45, 7) is 1.82. The molecule has 0 saturated carbocycles. The van der Waals surface area contributed by atoms with Crippen molar-refractivity contribution < 1.29 is 4.79 Å². The van der Waals surface area contributed by atoms with E-state index in [1.54, 1.807) is 4.52 Å². The topological polar surface area (TPSA) is 85.1 Å². The summed E-state index contributed by atoms with van der Waals surface area (Å²) in [5.41, 5.74) is 3.09. The van der Waals surface area contributed by atoms with Crippen molar-refractivity contribution in [2.24, 2.45) is 0 Å². The van der Waals surface area contributed by atoms with Gasteiger partial charge < -0.3 is 5.32 Å². The Morgan fingerprint density at radius 3 is 2.76 bits per heavy atom. The molecule has 0 radical (unpaired) electrons. The predicted molar refractivity (Wildman–Crippen MR) is 95.6 cm³/mol. The number of benzene rings is 2. The smallest absolute Gasteiger partial charge is 0.224 e. The van der Waals surface area contributed by atoms with Crippen LogP contribution in [0, 0.1) is 0 Å². The largest absolute Gasteiger partial charge is 0.326 e. The molecular weight excluding hydrogens is 336 g/mol. The number of nitrogens with one attached hydrogen (secondary N) is 1. The first kappa shape index (κ1) is 15.5. The molecule has 0 spiro atoms. The first-order valence-corrected chi connectivity index (χ1v) is 8.61. The molecule has 8 heteroatoms. The minimum Gasteiger partial charge on any atom is -0.326 e. The van der Waals surface area contributed by atoms with E-state index < -0.39 is 0 Å². The molecule has 4 rings (SSSR count). The van der Waals surface area contributed by atoms with Gasteiger partial charge in [-0.3, -0.25) is 4.79 Å². The van der Waals surface area contributed by atoms with E-state index in [1.165, 1.54) is 11.8 Å². The van der Waals surface area contributed by atoms with E-state index in [-0.39, 0.29) is 5.91 Å². The zero-order chi connectivity index (χ0) is 17.2. The van der Waals surface area contributed by atoms with E-state index >= 15 is 0 Å². The molecule has 0 saturated heterocycles. The Labute approximate surface area is 147 Å². The Morgan fingerprint density at radius 1 is 1.16 bits per heavy atom. The average Bonchev–Trinajstić information content (AvgIpc) is 3.14. The van der Waals surface area contributed by atoms with Crippen LogP contribution in [0.2, 0.25) is 0 Å². The molecule has 25 heavy (non-hydrogen) atoms. The maximum absolute atomic E-state index is 11.4. The molecule has 7 nitrogen and oxygen atoms in total. The van der Waals surface area contributed by atoms with Gasteiger partial charge in [0.05, 0.1) is 11.0 Å². The number of hydrogen-bond donors (Lipinski definition) is 1. The molecule has 2 aromatic heterocycles. The number of rotatable bonds is 4. The third kappa shape index (κ3) is 3.03. The van der Waals surface area contributed by atoms with Gasteiger partial charge in [-0.05, 0) is 46.8 Å². The second-order valence-corrected chi connectivity index (χ2v) is 6.41. The Hall–Kier alpha value is -3.00. The monoisotopic (exact) mass is 350 g/mol. The predicted octanol–water partition coefficient (Wildman–Crippen LogP) is 3.17. The summed E-state index contributed by atoms with van der Waals surface area (Å²) in [7, 11) is 0. The average molecular weight is 350 g/mol. The molecule has 1 amide bonds. The highest BCUT2D eigenvalue weighted by Gasteiger charge is 2.12. The summed E-state index contributed by atoms with van der Waals surface area (Å²) in [5.74, 6) is -0.00663. The standard InChI is InChI=1S/C17H14N6OS/c1-2-15(24)18-11-7-9-12(10-8-11)25-17-16-20-21-22-23(16)14-6-4-3-5-13(14)19-17/h3-10H,2H2,1H3,(H,18,24). The van der Waals surface area contributed by atoms with Gasteiger partial charge in [-0.15, -0.1) is 5.10 Å². The maximum atomic E-state index is 11.4. The molecular formula is C17H14N6OS. The van der Waals surface area contributed by atoms with Crippen molar-refractivity contribution in [1.29, 1.82) is 0 Å². The quantitative estimate of drug-likeness (QED) is 0.608. The highest BCUT2D eigenvalue weighted by molar-refractivity contribution is 7.99. The zero-order valence-electron chi connectivity index (χ0n) is 13.4. The number of aromatic nitrogens is 5. The normalized spacial score (nSPS) is 11.1. The van der Waals surface area contributed by atoms with Gasteiger partial charge >= 0.3 is 0 Å². The molecule has 0 aliphatic carbocycles. The van der Waals surface area contributed by atoms with Crippen LogP contribution in [0.25, 0.3) is 16.7 Å². The molecule has 0 aliphatic rings. The number of hydrogen-bond acceptors (Lipinski definition) is 6. The minimum atomic E-state index is -0.00663. The Balaban J connectivity index is 1.68. The van der Waals surface area contributed by atoms with E-state index in [0.29, 0.717) is 12.1 Å². The lowest BCUT2D eigenvalue weighted by molar-refractivity contribution is -0.115. The van der Waals surface area contributed by atoms with Gasteiger partial charge in [-0.2, -0.15) is 4.52 Å². The highest BCUT2D eigenvalue weighted by Crippen LogP contribution is 2.31. The number of amides is 1. The third-order valence-corrected chi connectivity index (χ3v) is 4.64. The number of tetrazole rings is 1. The van der Waals surface area contributed by atoms with E-state index in [9.17, 15) is 4.79 Å². The lowest BCUT2D eigenvalue weighted by Gasteiger charge is -2.07. The van der Waals surface area contributed by atoms with Crippen LogP contribution in [0.3, 0.4) is 0 Å². The minimum absolute atomic E-state index is 0.00663. The van der Waals surface area contributed by atoms with Crippen molar-refractivity contribution in [3.05, 3.63) is 48.5 Å². The van der Waals surface area contributed by atoms with Gasteiger partial charge in [0.25, 0.3) is 0 Å². The maximum Gasteiger partial charge on any atom is 0.224 e. The van der Waals surface area contributed by atoms with Crippen molar-refractivity contribution in [3.63, 3.8) is 0 Å². The van der Waals surface area contributed by atoms with Crippen molar-refractivity contribution in [2.45, 2.75) is 23.3 Å². The van der Waals surface area contributed by atoms with Gasteiger partial charge in [-0.25, -0.2) is 4.98 Å². The summed E-state index contributed by atoms with van der Waals surface area (Å²) < 4.78 is 1.69. The molecule has 0 unspecified atom stereocenters. The Kier molecular flexibility index (Phi) is 4.02. The number of fused-ring (bicyclic) bond motifs is 3. The SMILES string of the molecule is CCC(=O)Nc1ccc(Sc2nc3ccccc3n3nnnc23)cc1. The molecule has 0 fully saturated rings. The molecule has 124 valence electrons. The summed E-state index contributed by atoms with van der Waals surface area (Å²) in [4.78, 5) is 17.1. The summed E-state index contributed by atoms with van der Waals surface area (Å²) >= 11 is 1.48. The molecule has 2 heterocycles. The van der Waals surface area contributed by atoms with Crippen LogP contribution in [0.15, 0.2) is 58.5 Å². The number of carbonyl (C=O) groups excluding carboxylic acids is 1. The molecule has 1 N–H and O–H groups in total. The summed E-state index contributed by atoms with van der Waals surface area (Å²) in [5, 5.41) is 15.5. The molecule has 0 atom stereocenters. The first-order chi connectivity index (χ1) is 12.2. The van der Waals surface area contributed by atoms with E-state index in [1.807, 2.05) is 55.5 Å². The van der Waals surface area contributed by atoms with Gasteiger partial charge in [0, 0.05) is 17.0 Å². The van der Waals surface area contributed by atoms with Crippen LogP contribution in [-0.2, 0) is 4.79 Å². The zero-order valence-corrected chi connectivity index (χ0v) is 14.2. The Morgan fingerprint density at radius 2 is 1.96 bits per heavy atom. The van der Waals surface area contributed by atoms with Crippen LogP contribution in [0.5, 0.6) is 0 Å². The van der Waals surface area contributed by atoms with Crippen LogP contribution in [-0.4, -0.2) is 30.9 Å². The van der Waals surface area contributed by atoms with E-state index in [2.05, 4.69) is 25.8 Å². The lowest BCUT2D eigenvalue weighted by Crippen LogP contribution is -2.08. The Bertz CT molecular complexity index is 1060. The first-order valence-electron chi connectivity index (χ1n) is 7.79. The lowest BCUT2D eigenvalue weighted by atomic mass is 10.3. The summed E-state index contributed by atoms with van der Waals surface area (Å²) in [6.07, 6.45) is 0.454. The van der Waals surface area contributed by atoms with Gasteiger partial charge in [0.15, 0.2) is 0 Å². The molecule has 0 bridgehead atoms. The molecule has 0 aliphatic heterocycles.